The molecule has 0 fully saturated rings. The van der Waals surface area contributed by atoms with Crippen molar-refractivity contribution in [1.82, 2.24) is 20.9 Å². The van der Waals surface area contributed by atoms with Crippen molar-refractivity contribution in [1.29, 1.82) is 0 Å². The van der Waals surface area contributed by atoms with Gasteiger partial charge in [0.15, 0.2) is 5.96 Å². The van der Waals surface area contributed by atoms with Gasteiger partial charge in [-0.3, -0.25) is 19.4 Å². The first-order chi connectivity index (χ1) is 20.4. The van der Waals surface area contributed by atoms with Crippen LogP contribution in [0.3, 0.4) is 0 Å². The third-order valence-corrected chi connectivity index (χ3v) is 6.94. The predicted molar refractivity (Wildman–Crippen MR) is 166 cm³/mol. The minimum atomic E-state index is -1.17. The molecule has 4 atom stereocenters. The topological polar surface area (TPSA) is 257 Å². The number of hydrogen-bond acceptors (Lipinski definition) is 7. The first-order valence-corrected chi connectivity index (χ1v) is 14.6. The summed E-state index contributed by atoms with van der Waals surface area (Å²) >= 11 is 0. The number of fused-ring (bicyclic) bond motifs is 1. The number of rotatable bonds is 19. The molecule has 1 aromatic carbocycles. The summed E-state index contributed by atoms with van der Waals surface area (Å²) in [6.07, 6.45) is 4.30. The molecule has 1 heterocycles. The Bertz CT molecular complexity index is 1240. The van der Waals surface area contributed by atoms with Gasteiger partial charge in [0.1, 0.15) is 18.1 Å². The van der Waals surface area contributed by atoms with Gasteiger partial charge in [-0.05, 0) is 56.2 Å². The predicted octanol–water partition coefficient (Wildman–Crippen LogP) is -0.195. The number of guanidine groups is 1. The van der Waals surface area contributed by atoms with E-state index in [1.807, 2.05) is 38.1 Å². The molecule has 3 amide bonds. The molecule has 2 aromatic rings. The minimum absolute atomic E-state index is 0.00179. The number of aliphatic carboxylic acids is 1. The number of carboxylic acids is 1. The van der Waals surface area contributed by atoms with Gasteiger partial charge in [0.2, 0.25) is 17.7 Å². The fraction of sp³-hybridized carbons (Fsp3) is 0.552. The molecule has 0 bridgehead atoms. The first-order valence-electron chi connectivity index (χ1n) is 14.6. The third-order valence-electron chi connectivity index (χ3n) is 6.94. The van der Waals surface area contributed by atoms with Crippen LogP contribution in [0.5, 0.6) is 0 Å². The van der Waals surface area contributed by atoms with Crippen molar-refractivity contribution in [3.05, 3.63) is 36.0 Å². The van der Waals surface area contributed by atoms with Crippen molar-refractivity contribution in [2.24, 2.45) is 33.8 Å². The molecule has 238 valence electrons. The SMILES string of the molecule is CC(C)CC(NC(=O)C(Cc1c[nH]c2ccccc12)NC(=O)C(CCCN=C(N)N)NC(=O)C(N)CCCCN)C(=O)O. The molecule has 2 rings (SSSR count). The van der Waals surface area contributed by atoms with Crippen LogP contribution in [0, 0.1) is 5.92 Å². The monoisotopic (exact) mass is 601 g/mol. The quantitative estimate of drug-likeness (QED) is 0.0586. The maximum Gasteiger partial charge on any atom is 0.326 e. The molecule has 0 aliphatic rings. The molecule has 14 heteroatoms. The smallest absolute Gasteiger partial charge is 0.326 e. The number of benzene rings is 1. The summed E-state index contributed by atoms with van der Waals surface area (Å²) < 4.78 is 0. The van der Waals surface area contributed by atoms with E-state index in [1.165, 1.54) is 0 Å². The molecule has 14 nitrogen and oxygen atoms in total. The minimum Gasteiger partial charge on any atom is -0.480 e. The maximum atomic E-state index is 13.6. The summed E-state index contributed by atoms with van der Waals surface area (Å²) in [5.41, 5.74) is 24.0. The number of nitrogens with one attached hydrogen (secondary N) is 4. The number of carbonyl (C=O) groups excluding carboxylic acids is 3. The van der Waals surface area contributed by atoms with E-state index in [1.54, 1.807) is 6.20 Å². The van der Waals surface area contributed by atoms with Crippen molar-refractivity contribution >= 4 is 40.6 Å². The van der Waals surface area contributed by atoms with Crippen LogP contribution in [0.1, 0.15) is 57.9 Å². The third kappa shape index (κ3) is 11.9. The second-order valence-corrected chi connectivity index (χ2v) is 11.1. The molecule has 0 saturated heterocycles. The average molecular weight is 602 g/mol. The number of aromatic amines is 1. The van der Waals surface area contributed by atoms with E-state index >= 15 is 0 Å². The Hall–Kier alpha value is -4.17. The molecule has 0 spiro atoms. The van der Waals surface area contributed by atoms with E-state index in [0.29, 0.717) is 32.2 Å². The molecule has 4 unspecified atom stereocenters. The summed E-state index contributed by atoms with van der Waals surface area (Å²) in [7, 11) is 0. The number of aliphatic imine (C=N–C) groups is 1. The number of carboxylic acid groups (broad SMARTS) is 1. The molecule has 13 N–H and O–H groups in total. The van der Waals surface area contributed by atoms with E-state index in [-0.39, 0.29) is 37.7 Å². The summed E-state index contributed by atoms with van der Waals surface area (Å²) in [6.45, 7) is 4.40. The zero-order chi connectivity index (χ0) is 31.9. The van der Waals surface area contributed by atoms with Crippen LogP contribution in [0.2, 0.25) is 0 Å². The molecule has 0 radical (unpaired) electrons. The number of nitrogens with two attached hydrogens (primary N) is 4. The number of H-pyrrole nitrogens is 1. The number of aromatic nitrogens is 1. The van der Waals surface area contributed by atoms with Crippen molar-refractivity contribution in [2.75, 3.05) is 13.1 Å². The number of carbonyl (C=O) groups is 4. The standard InChI is InChI=1S/C29H47N9O5/c1-17(2)14-24(28(42)43)38-27(41)23(15-18-16-35-21-10-4-3-8-19(18)21)37-26(40)22(11-7-13-34-29(32)33)36-25(39)20(31)9-5-6-12-30/h3-4,8,10,16-17,20,22-24,35H,5-7,9,11-15,30-31H2,1-2H3,(H,36,39)(H,37,40)(H,38,41)(H,42,43)(H4,32,33,34). The van der Waals surface area contributed by atoms with Gasteiger partial charge < -0.3 is 49.0 Å². The van der Waals surface area contributed by atoms with Crippen molar-refractivity contribution in [3.8, 4) is 0 Å². The van der Waals surface area contributed by atoms with E-state index in [9.17, 15) is 24.3 Å². The number of unbranched alkanes of at least 4 members (excludes halogenated alkanes) is 1. The molecule has 0 aliphatic carbocycles. The summed E-state index contributed by atoms with van der Waals surface area (Å²) in [4.78, 5) is 59.0. The molecule has 0 aliphatic heterocycles. The molecule has 0 saturated carbocycles. The van der Waals surface area contributed by atoms with Crippen molar-refractivity contribution in [3.63, 3.8) is 0 Å². The lowest BCUT2D eigenvalue weighted by atomic mass is 10.0. The Balaban J connectivity index is 2.31. The Labute approximate surface area is 251 Å². The zero-order valence-electron chi connectivity index (χ0n) is 25.0. The Kier molecular flexibility index (Phi) is 14.4. The van der Waals surface area contributed by atoms with Crippen LogP contribution in [0.4, 0.5) is 0 Å². The van der Waals surface area contributed by atoms with Crippen LogP contribution in [0.25, 0.3) is 10.9 Å². The maximum absolute atomic E-state index is 13.6. The molecular formula is C29H47N9O5. The highest BCUT2D eigenvalue weighted by molar-refractivity contribution is 5.94. The van der Waals surface area contributed by atoms with Crippen molar-refractivity contribution < 1.29 is 24.3 Å². The number of amides is 3. The second-order valence-electron chi connectivity index (χ2n) is 11.1. The lowest BCUT2D eigenvalue weighted by Gasteiger charge is -2.25. The van der Waals surface area contributed by atoms with Gasteiger partial charge in [-0.2, -0.15) is 0 Å². The van der Waals surface area contributed by atoms with Crippen LogP contribution in [0.15, 0.2) is 35.5 Å². The summed E-state index contributed by atoms with van der Waals surface area (Å²) in [6, 6.07) is 3.31. The van der Waals surface area contributed by atoms with Gasteiger partial charge in [0, 0.05) is 30.1 Å². The van der Waals surface area contributed by atoms with E-state index in [2.05, 4.69) is 25.9 Å². The lowest BCUT2D eigenvalue weighted by Crippen LogP contribution is -2.57. The highest BCUT2D eigenvalue weighted by atomic mass is 16.4. The lowest BCUT2D eigenvalue weighted by molar-refractivity contribution is -0.142. The molecule has 1 aromatic heterocycles. The van der Waals surface area contributed by atoms with E-state index in [0.717, 1.165) is 16.5 Å². The molecular weight excluding hydrogens is 554 g/mol. The highest BCUT2D eigenvalue weighted by Gasteiger charge is 2.31. The van der Waals surface area contributed by atoms with Gasteiger partial charge in [-0.15, -0.1) is 0 Å². The van der Waals surface area contributed by atoms with Gasteiger partial charge in [0.05, 0.1) is 6.04 Å². The highest BCUT2D eigenvalue weighted by Crippen LogP contribution is 2.19. The summed E-state index contributed by atoms with van der Waals surface area (Å²) in [5, 5.41) is 18.6. The van der Waals surface area contributed by atoms with E-state index in [4.69, 9.17) is 22.9 Å². The fourth-order valence-corrected chi connectivity index (χ4v) is 4.66. The van der Waals surface area contributed by atoms with Gasteiger partial charge in [-0.1, -0.05) is 38.5 Å². The van der Waals surface area contributed by atoms with Crippen LogP contribution >= 0.6 is 0 Å². The summed E-state index contributed by atoms with van der Waals surface area (Å²) in [5.74, 6) is -3.07. The van der Waals surface area contributed by atoms with Gasteiger partial charge in [0.25, 0.3) is 0 Å². The van der Waals surface area contributed by atoms with Crippen LogP contribution in [-0.4, -0.2) is 77.0 Å². The van der Waals surface area contributed by atoms with Gasteiger partial charge in [-0.25, -0.2) is 4.79 Å². The number of nitrogens with zero attached hydrogens (tertiary/aromatic N) is 1. The van der Waals surface area contributed by atoms with Crippen molar-refractivity contribution in [2.45, 2.75) is 83.0 Å². The zero-order valence-corrected chi connectivity index (χ0v) is 25.0. The Morgan fingerprint density at radius 1 is 0.907 bits per heavy atom. The average Bonchev–Trinajstić information content (AvgIpc) is 3.36. The largest absolute Gasteiger partial charge is 0.480 e. The van der Waals surface area contributed by atoms with Crippen LogP contribution < -0.4 is 38.9 Å². The fourth-order valence-electron chi connectivity index (χ4n) is 4.66. The number of para-hydroxylation sites is 1. The second kappa shape index (κ2) is 17.7. The normalized spacial score (nSPS) is 14.0. The van der Waals surface area contributed by atoms with E-state index < -0.39 is 47.9 Å². The Morgan fingerprint density at radius 2 is 1.56 bits per heavy atom. The van der Waals surface area contributed by atoms with Gasteiger partial charge >= 0.3 is 5.97 Å². The number of hydrogen-bond donors (Lipinski definition) is 9. The first kappa shape index (κ1) is 35.0. The molecule has 43 heavy (non-hydrogen) atoms. The Morgan fingerprint density at radius 3 is 2.21 bits per heavy atom. The van der Waals surface area contributed by atoms with Crippen LogP contribution in [-0.2, 0) is 25.6 Å².